The number of nitrogens with one attached hydrogen (secondary N) is 2. The van der Waals surface area contributed by atoms with Gasteiger partial charge in [-0.05, 0) is 39.7 Å². The van der Waals surface area contributed by atoms with Crippen LogP contribution in [0.15, 0.2) is 24.3 Å². The Kier molecular flexibility index (Phi) is 7.07. The highest BCUT2D eigenvalue weighted by atomic mass is 19.1. The SMILES string of the molecule is CN(C)CCCNCC(=O)NCc1ccccc1F. The zero-order valence-corrected chi connectivity index (χ0v) is 11.6. The lowest BCUT2D eigenvalue weighted by Crippen LogP contribution is -2.34. The number of hydrogen-bond donors (Lipinski definition) is 2. The highest BCUT2D eigenvalue weighted by molar-refractivity contribution is 5.77. The Labute approximate surface area is 114 Å². The summed E-state index contributed by atoms with van der Waals surface area (Å²) in [5.74, 6) is -0.408. The molecule has 0 unspecified atom stereocenters. The first kappa shape index (κ1) is 15.6. The van der Waals surface area contributed by atoms with Gasteiger partial charge in [-0.25, -0.2) is 4.39 Å². The number of carbonyl (C=O) groups excluding carboxylic acids is 1. The molecule has 1 aromatic rings. The van der Waals surface area contributed by atoms with Gasteiger partial charge in [-0.1, -0.05) is 18.2 Å². The van der Waals surface area contributed by atoms with Gasteiger partial charge in [0.05, 0.1) is 6.54 Å². The van der Waals surface area contributed by atoms with E-state index in [0.717, 1.165) is 19.5 Å². The third-order valence-electron chi connectivity index (χ3n) is 2.68. The van der Waals surface area contributed by atoms with E-state index < -0.39 is 0 Å². The first-order valence-corrected chi connectivity index (χ1v) is 6.45. The van der Waals surface area contributed by atoms with Crippen molar-refractivity contribution < 1.29 is 9.18 Å². The van der Waals surface area contributed by atoms with Crippen LogP contribution in [-0.2, 0) is 11.3 Å². The average molecular weight is 267 g/mol. The van der Waals surface area contributed by atoms with Crippen molar-refractivity contribution in [2.75, 3.05) is 33.7 Å². The summed E-state index contributed by atoms with van der Waals surface area (Å²) in [5.41, 5.74) is 0.503. The smallest absolute Gasteiger partial charge is 0.234 e. The molecule has 0 radical (unpaired) electrons. The van der Waals surface area contributed by atoms with Crippen LogP contribution in [-0.4, -0.2) is 44.5 Å². The second kappa shape index (κ2) is 8.61. The molecule has 0 aliphatic carbocycles. The number of amides is 1. The topological polar surface area (TPSA) is 44.4 Å². The first-order valence-electron chi connectivity index (χ1n) is 6.45. The Balaban J connectivity index is 2.13. The Bertz CT molecular complexity index is 396. The van der Waals surface area contributed by atoms with E-state index in [1.165, 1.54) is 6.07 Å². The van der Waals surface area contributed by atoms with Gasteiger partial charge in [-0.3, -0.25) is 4.79 Å². The minimum Gasteiger partial charge on any atom is -0.351 e. The lowest BCUT2D eigenvalue weighted by atomic mass is 10.2. The number of carbonyl (C=O) groups is 1. The normalized spacial score (nSPS) is 10.7. The van der Waals surface area contributed by atoms with Gasteiger partial charge in [0.1, 0.15) is 5.82 Å². The van der Waals surface area contributed by atoms with Crippen LogP contribution in [0.1, 0.15) is 12.0 Å². The lowest BCUT2D eigenvalue weighted by Gasteiger charge is -2.10. The molecule has 0 aliphatic rings. The van der Waals surface area contributed by atoms with Crippen molar-refractivity contribution in [3.05, 3.63) is 35.6 Å². The fourth-order valence-electron chi connectivity index (χ4n) is 1.62. The number of rotatable bonds is 8. The van der Waals surface area contributed by atoms with E-state index in [4.69, 9.17) is 0 Å². The molecule has 0 bridgehead atoms. The van der Waals surface area contributed by atoms with Gasteiger partial charge >= 0.3 is 0 Å². The molecule has 1 amide bonds. The number of hydrogen-bond acceptors (Lipinski definition) is 3. The van der Waals surface area contributed by atoms with E-state index in [1.807, 2.05) is 14.1 Å². The minimum absolute atomic E-state index is 0.117. The molecule has 4 nitrogen and oxygen atoms in total. The van der Waals surface area contributed by atoms with Crippen molar-refractivity contribution >= 4 is 5.91 Å². The third kappa shape index (κ3) is 6.88. The Morgan fingerprint density at radius 3 is 2.74 bits per heavy atom. The van der Waals surface area contributed by atoms with Crippen LogP contribution in [0.25, 0.3) is 0 Å². The van der Waals surface area contributed by atoms with Crippen LogP contribution in [0, 0.1) is 5.82 Å². The number of nitrogens with zero attached hydrogens (tertiary/aromatic N) is 1. The Hall–Kier alpha value is -1.46. The quantitative estimate of drug-likeness (QED) is 0.690. The van der Waals surface area contributed by atoms with Gasteiger partial charge in [0, 0.05) is 12.1 Å². The molecule has 5 heteroatoms. The van der Waals surface area contributed by atoms with E-state index in [9.17, 15) is 9.18 Å². The molecule has 0 spiro atoms. The molecule has 1 rings (SSSR count). The molecule has 0 heterocycles. The second-order valence-corrected chi connectivity index (χ2v) is 4.70. The minimum atomic E-state index is -0.290. The molecule has 0 atom stereocenters. The summed E-state index contributed by atoms with van der Waals surface area (Å²) in [6.07, 6.45) is 0.994. The van der Waals surface area contributed by atoms with Gasteiger partial charge in [-0.2, -0.15) is 0 Å². The molecule has 1 aromatic carbocycles. The number of benzene rings is 1. The van der Waals surface area contributed by atoms with Crippen LogP contribution in [0.4, 0.5) is 4.39 Å². The highest BCUT2D eigenvalue weighted by Gasteiger charge is 2.03. The summed E-state index contributed by atoms with van der Waals surface area (Å²) < 4.78 is 13.3. The molecule has 0 saturated heterocycles. The van der Waals surface area contributed by atoms with Crippen LogP contribution >= 0.6 is 0 Å². The van der Waals surface area contributed by atoms with Crippen molar-refractivity contribution in [1.82, 2.24) is 15.5 Å². The molecule has 0 aliphatic heterocycles. The Morgan fingerprint density at radius 2 is 2.05 bits per heavy atom. The van der Waals surface area contributed by atoms with Crippen molar-refractivity contribution in [2.24, 2.45) is 0 Å². The van der Waals surface area contributed by atoms with Crippen molar-refractivity contribution in [1.29, 1.82) is 0 Å². The lowest BCUT2D eigenvalue weighted by molar-refractivity contribution is -0.120. The van der Waals surface area contributed by atoms with Crippen LogP contribution in [0.3, 0.4) is 0 Å². The second-order valence-electron chi connectivity index (χ2n) is 4.70. The van der Waals surface area contributed by atoms with Crippen LogP contribution < -0.4 is 10.6 Å². The van der Waals surface area contributed by atoms with Gasteiger partial charge in [0.2, 0.25) is 5.91 Å². The van der Waals surface area contributed by atoms with E-state index in [1.54, 1.807) is 18.2 Å². The standard InChI is InChI=1S/C14H22FN3O/c1-18(2)9-5-8-16-11-14(19)17-10-12-6-3-4-7-13(12)15/h3-4,6-7,16H,5,8-11H2,1-2H3,(H,17,19). The number of halogens is 1. The molecular weight excluding hydrogens is 245 g/mol. The zero-order chi connectivity index (χ0) is 14.1. The molecule has 106 valence electrons. The monoisotopic (exact) mass is 267 g/mol. The molecule has 0 fully saturated rings. The van der Waals surface area contributed by atoms with E-state index in [-0.39, 0.29) is 24.8 Å². The van der Waals surface area contributed by atoms with Crippen molar-refractivity contribution in [2.45, 2.75) is 13.0 Å². The first-order chi connectivity index (χ1) is 9.09. The van der Waals surface area contributed by atoms with Crippen LogP contribution in [0.2, 0.25) is 0 Å². The average Bonchev–Trinajstić information content (AvgIpc) is 2.37. The molecule has 2 N–H and O–H groups in total. The predicted molar refractivity (Wildman–Crippen MR) is 74.3 cm³/mol. The third-order valence-corrected chi connectivity index (χ3v) is 2.68. The largest absolute Gasteiger partial charge is 0.351 e. The predicted octanol–water partition coefficient (Wildman–Crippen LogP) is 0.983. The fourth-order valence-corrected chi connectivity index (χ4v) is 1.62. The van der Waals surface area contributed by atoms with E-state index in [2.05, 4.69) is 15.5 Å². The van der Waals surface area contributed by atoms with E-state index >= 15 is 0 Å². The molecule has 19 heavy (non-hydrogen) atoms. The summed E-state index contributed by atoms with van der Waals surface area (Å²) in [5, 5.41) is 5.75. The van der Waals surface area contributed by atoms with Crippen molar-refractivity contribution in [3.8, 4) is 0 Å². The van der Waals surface area contributed by atoms with Crippen LogP contribution in [0.5, 0.6) is 0 Å². The maximum atomic E-state index is 13.3. The maximum absolute atomic E-state index is 13.3. The summed E-state index contributed by atoms with van der Waals surface area (Å²) >= 11 is 0. The van der Waals surface area contributed by atoms with Gasteiger partial charge in [0.15, 0.2) is 0 Å². The van der Waals surface area contributed by atoms with Crippen molar-refractivity contribution in [3.63, 3.8) is 0 Å². The van der Waals surface area contributed by atoms with Gasteiger partial charge < -0.3 is 15.5 Å². The van der Waals surface area contributed by atoms with Gasteiger partial charge in [-0.15, -0.1) is 0 Å². The summed E-state index contributed by atoms with van der Waals surface area (Å²) in [6, 6.07) is 6.44. The summed E-state index contributed by atoms with van der Waals surface area (Å²) in [7, 11) is 4.03. The maximum Gasteiger partial charge on any atom is 0.234 e. The molecule has 0 aromatic heterocycles. The zero-order valence-electron chi connectivity index (χ0n) is 11.6. The van der Waals surface area contributed by atoms with Gasteiger partial charge in [0.25, 0.3) is 0 Å². The summed E-state index contributed by atoms with van der Waals surface area (Å²) in [4.78, 5) is 13.6. The fraction of sp³-hybridized carbons (Fsp3) is 0.500. The molecular formula is C14H22FN3O. The summed E-state index contributed by atoms with van der Waals surface area (Å²) in [6.45, 7) is 2.28. The Morgan fingerprint density at radius 1 is 1.32 bits per heavy atom. The van der Waals surface area contributed by atoms with E-state index in [0.29, 0.717) is 5.56 Å². The highest BCUT2D eigenvalue weighted by Crippen LogP contribution is 2.05. The molecule has 0 saturated carbocycles.